The summed E-state index contributed by atoms with van der Waals surface area (Å²) in [5, 5.41) is 0. The zero-order valence-electron chi connectivity index (χ0n) is 34.1. The first-order valence-corrected chi connectivity index (χ1v) is 31.0. The summed E-state index contributed by atoms with van der Waals surface area (Å²) in [6.45, 7) is 36.3. The number of hydrogen-bond acceptors (Lipinski definition) is 6. The maximum Gasteiger partial charge on any atom is 0.575 e. The first-order valence-electron chi connectivity index (χ1n) is 19.1. The van der Waals surface area contributed by atoms with Crippen molar-refractivity contribution in [2.45, 2.75) is 207 Å². The molecule has 0 fully saturated rings. The SMILES string of the molecule is CCCCC(C)(O[Si](C)(C)C)C(C=COBOC=CC(O[Si](CC)(CC)CC)C(C)(CCCC)O[Si](C)(C)C)O[Si](CC)(CC)CC. The Morgan fingerprint density at radius 2 is 0.830 bits per heavy atom. The van der Waals surface area contributed by atoms with Crippen LogP contribution in [0.2, 0.25) is 75.5 Å². The van der Waals surface area contributed by atoms with Gasteiger partial charge in [-0.2, -0.15) is 0 Å². The third kappa shape index (κ3) is 17.1. The molecule has 6 nitrogen and oxygen atoms in total. The lowest BCUT2D eigenvalue weighted by atomic mass is 9.92. The largest absolute Gasteiger partial charge is 0.575 e. The van der Waals surface area contributed by atoms with Crippen LogP contribution in [-0.4, -0.2) is 64.4 Å². The molecule has 0 bridgehead atoms. The van der Waals surface area contributed by atoms with Crippen molar-refractivity contribution in [1.82, 2.24) is 0 Å². The zero-order chi connectivity index (χ0) is 36.4. The Hall–Kier alpha value is -0.148. The molecule has 0 spiro atoms. The van der Waals surface area contributed by atoms with E-state index in [2.05, 4.69) is 121 Å². The van der Waals surface area contributed by atoms with E-state index in [1.54, 1.807) is 12.5 Å². The van der Waals surface area contributed by atoms with E-state index in [1.165, 1.54) is 0 Å². The summed E-state index contributed by atoms with van der Waals surface area (Å²) in [6, 6.07) is 6.56. The second-order valence-electron chi connectivity index (χ2n) is 15.9. The predicted octanol–water partition coefficient (Wildman–Crippen LogP) is 11.7. The number of hydrogen-bond donors (Lipinski definition) is 0. The molecule has 0 rings (SSSR count). The Balaban J connectivity index is 6.16. The van der Waals surface area contributed by atoms with Gasteiger partial charge in [0.2, 0.25) is 0 Å². The van der Waals surface area contributed by atoms with Gasteiger partial charge in [-0.3, -0.25) is 0 Å². The van der Waals surface area contributed by atoms with Crippen molar-refractivity contribution in [2.24, 2.45) is 0 Å². The minimum absolute atomic E-state index is 0.114. The summed E-state index contributed by atoms with van der Waals surface area (Å²) in [5.41, 5.74) is -0.812. The van der Waals surface area contributed by atoms with E-state index in [1.807, 2.05) is 0 Å². The molecule has 0 aliphatic carbocycles. The van der Waals surface area contributed by atoms with Crippen molar-refractivity contribution in [3.8, 4) is 0 Å². The molecular weight excluding hydrogens is 652 g/mol. The van der Waals surface area contributed by atoms with Crippen LogP contribution in [0.3, 0.4) is 0 Å². The molecule has 0 saturated heterocycles. The van der Waals surface area contributed by atoms with Gasteiger partial charge in [-0.1, -0.05) is 81.1 Å². The standard InChI is InChI=1S/C36H79BO6Si4/c1-17-25-29-35(9,42-44(11,12)13)33(40-46(19-3,20-4)21-5)27-31-38-37-39-32-28-34(41-47(22-6,23-7)24-8)36(10,30-26-18-2)43-45(14,15)16/h27-28,31-34,37H,17-26,29-30H2,1-16H3. The first-order chi connectivity index (χ1) is 21.8. The summed E-state index contributed by atoms with van der Waals surface area (Å²) >= 11 is 0. The molecule has 278 valence electrons. The average Bonchev–Trinajstić information content (AvgIpc) is 3.00. The monoisotopic (exact) mass is 731 g/mol. The molecule has 0 heterocycles. The molecule has 0 aliphatic rings. The molecule has 0 aromatic rings. The lowest BCUT2D eigenvalue weighted by Crippen LogP contribution is -2.53. The van der Waals surface area contributed by atoms with Crippen molar-refractivity contribution in [1.29, 1.82) is 0 Å². The molecule has 0 aliphatic heterocycles. The number of unbranched alkanes of at least 4 members (excludes halogenated alkanes) is 2. The van der Waals surface area contributed by atoms with Crippen LogP contribution in [-0.2, 0) is 27.0 Å². The minimum atomic E-state index is -1.91. The normalized spacial score (nSPS) is 17.4. The van der Waals surface area contributed by atoms with Crippen LogP contribution in [0.25, 0.3) is 0 Å². The number of rotatable bonds is 28. The summed E-state index contributed by atoms with van der Waals surface area (Å²) < 4.78 is 40.0. The fourth-order valence-electron chi connectivity index (χ4n) is 6.60. The van der Waals surface area contributed by atoms with Crippen molar-refractivity contribution in [2.75, 3.05) is 0 Å². The van der Waals surface area contributed by atoms with E-state index >= 15 is 0 Å². The molecule has 4 unspecified atom stereocenters. The van der Waals surface area contributed by atoms with Gasteiger partial charge in [-0.15, -0.1) is 0 Å². The quantitative estimate of drug-likeness (QED) is 0.0454. The molecule has 0 saturated carbocycles. The van der Waals surface area contributed by atoms with Gasteiger partial charge in [0, 0.05) is 0 Å². The van der Waals surface area contributed by atoms with Crippen molar-refractivity contribution >= 4 is 41.0 Å². The molecular formula is C36H79BO6Si4. The van der Waals surface area contributed by atoms with Gasteiger partial charge in [-0.25, -0.2) is 0 Å². The smallest absolute Gasteiger partial charge is 0.535 e. The average molecular weight is 731 g/mol. The fraction of sp³-hybridized carbons (Fsp3) is 0.889. The van der Waals surface area contributed by atoms with E-state index in [0.29, 0.717) is 0 Å². The Bertz CT molecular complexity index is 799. The van der Waals surface area contributed by atoms with E-state index < -0.39 is 44.5 Å². The summed E-state index contributed by atoms with van der Waals surface area (Å²) in [5.74, 6) is 0. The molecule has 0 radical (unpaired) electrons. The zero-order valence-corrected chi connectivity index (χ0v) is 38.1. The summed E-state index contributed by atoms with van der Waals surface area (Å²) in [4.78, 5) is 0. The second-order valence-corrected chi connectivity index (χ2v) is 34.2. The van der Waals surface area contributed by atoms with E-state index in [0.717, 1.165) is 74.8 Å². The van der Waals surface area contributed by atoms with Crippen molar-refractivity contribution < 1.29 is 27.0 Å². The Labute approximate surface area is 298 Å². The second kappa shape index (κ2) is 21.9. The highest BCUT2D eigenvalue weighted by molar-refractivity contribution is 6.74. The van der Waals surface area contributed by atoms with Crippen LogP contribution in [0.4, 0.5) is 0 Å². The van der Waals surface area contributed by atoms with Crippen LogP contribution in [0.5, 0.6) is 0 Å². The van der Waals surface area contributed by atoms with Crippen molar-refractivity contribution in [3.63, 3.8) is 0 Å². The van der Waals surface area contributed by atoms with Gasteiger partial charge < -0.3 is 27.0 Å². The van der Waals surface area contributed by atoms with Gasteiger partial charge in [0.1, 0.15) is 0 Å². The van der Waals surface area contributed by atoms with Gasteiger partial charge in [0.05, 0.1) is 35.9 Å². The third-order valence-electron chi connectivity index (χ3n) is 9.79. The van der Waals surface area contributed by atoms with Gasteiger partial charge >= 0.3 is 7.69 Å². The van der Waals surface area contributed by atoms with Crippen LogP contribution in [0, 0.1) is 0 Å². The highest BCUT2D eigenvalue weighted by Gasteiger charge is 2.44. The first kappa shape index (κ1) is 46.9. The van der Waals surface area contributed by atoms with E-state index in [-0.39, 0.29) is 19.9 Å². The van der Waals surface area contributed by atoms with Gasteiger partial charge in [-0.05, 0) is 114 Å². The van der Waals surface area contributed by atoms with Gasteiger partial charge in [0.25, 0.3) is 0 Å². The molecule has 0 N–H and O–H groups in total. The molecule has 0 aromatic carbocycles. The van der Waals surface area contributed by atoms with Crippen LogP contribution in [0.1, 0.15) is 108 Å². The fourth-order valence-corrected chi connectivity index (χ4v) is 15.6. The summed E-state index contributed by atoms with van der Waals surface area (Å²) in [6.07, 6.45) is 13.7. The highest BCUT2D eigenvalue weighted by atomic mass is 28.4. The molecule has 0 amide bonds. The lowest BCUT2D eigenvalue weighted by Gasteiger charge is -2.45. The maximum atomic E-state index is 7.13. The summed E-state index contributed by atoms with van der Waals surface area (Å²) in [7, 11) is -7.38. The van der Waals surface area contributed by atoms with Crippen LogP contribution >= 0.6 is 0 Å². The Kier molecular flexibility index (Phi) is 21.9. The molecule has 4 atom stereocenters. The molecule has 47 heavy (non-hydrogen) atoms. The molecule has 11 heteroatoms. The highest BCUT2D eigenvalue weighted by Crippen LogP contribution is 2.36. The van der Waals surface area contributed by atoms with Gasteiger partial charge in [0.15, 0.2) is 33.3 Å². The third-order valence-corrected chi connectivity index (χ3v) is 21.2. The minimum Gasteiger partial charge on any atom is -0.535 e. The van der Waals surface area contributed by atoms with E-state index in [9.17, 15) is 0 Å². The lowest BCUT2D eigenvalue weighted by molar-refractivity contribution is -0.0235. The maximum absolute atomic E-state index is 7.13. The van der Waals surface area contributed by atoms with Crippen LogP contribution in [0.15, 0.2) is 24.7 Å². The topological polar surface area (TPSA) is 55.4 Å². The Morgan fingerprint density at radius 1 is 0.532 bits per heavy atom. The van der Waals surface area contributed by atoms with Crippen molar-refractivity contribution in [3.05, 3.63) is 24.7 Å². The Morgan fingerprint density at radius 3 is 1.06 bits per heavy atom. The van der Waals surface area contributed by atoms with Crippen LogP contribution < -0.4 is 0 Å². The molecule has 0 aromatic heterocycles. The predicted molar refractivity (Wildman–Crippen MR) is 216 cm³/mol. The van der Waals surface area contributed by atoms with E-state index in [4.69, 9.17) is 27.0 Å².